The average Bonchev–Trinajstić information content (AvgIpc) is 3.11. The number of ether oxygens (including phenoxy) is 1. The maximum absolute atomic E-state index is 14.7. The zero-order valence-corrected chi connectivity index (χ0v) is 16.8. The maximum Gasteiger partial charge on any atom is 0.411 e. The lowest BCUT2D eigenvalue weighted by molar-refractivity contribution is -0.135. The summed E-state index contributed by atoms with van der Waals surface area (Å²) < 4.78 is 20.0. The minimum absolute atomic E-state index is 0.0558. The Hall–Kier alpha value is -4.20. The van der Waals surface area contributed by atoms with E-state index in [2.05, 4.69) is 10.6 Å². The predicted octanol–water partition coefficient (Wildman–Crippen LogP) is 4.00. The molecule has 32 heavy (non-hydrogen) atoms. The van der Waals surface area contributed by atoms with Crippen LogP contribution in [0.25, 0.3) is 11.1 Å². The first-order chi connectivity index (χ1) is 15.5. The summed E-state index contributed by atoms with van der Waals surface area (Å²) in [5.74, 6) is -3.29. The highest BCUT2D eigenvalue weighted by atomic mass is 19.1. The zero-order valence-electron chi connectivity index (χ0n) is 16.8. The number of hydrogen-bond donors (Lipinski definition) is 3. The minimum Gasteiger partial charge on any atom is -0.480 e. The van der Waals surface area contributed by atoms with Crippen LogP contribution in [0.3, 0.4) is 0 Å². The number of carbonyl (C=O) groups excluding carboxylic acids is 2. The van der Waals surface area contributed by atoms with E-state index in [1.807, 2.05) is 48.5 Å². The quantitative estimate of drug-likeness (QED) is 0.544. The van der Waals surface area contributed by atoms with Crippen molar-refractivity contribution >= 4 is 23.7 Å². The number of carbonyl (C=O) groups is 3. The Labute approximate surface area is 182 Å². The molecule has 7 nitrogen and oxygen atoms in total. The van der Waals surface area contributed by atoms with Gasteiger partial charge in [0.25, 0.3) is 5.91 Å². The van der Waals surface area contributed by atoms with E-state index in [-0.39, 0.29) is 23.8 Å². The van der Waals surface area contributed by atoms with Gasteiger partial charge in [0, 0.05) is 5.92 Å². The number of amides is 2. The van der Waals surface area contributed by atoms with Crippen LogP contribution in [0.15, 0.2) is 66.7 Å². The summed E-state index contributed by atoms with van der Waals surface area (Å²) in [4.78, 5) is 34.9. The number of anilines is 1. The summed E-state index contributed by atoms with van der Waals surface area (Å²) in [6.07, 6.45) is -0.867. The number of carboxylic acid groups (broad SMARTS) is 1. The van der Waals surface area contributed by atoms with Gasteiger partial charge in [-0.25, -0.2) is 9.18 Å². The number of nitrogens with one attached hydrogen (secondary N) is 2. The van der Waals surface area contributed by atoms with Crippen LogP contribution in [-0.2, 0) is 9.53 Å². The Morgan fingerprint density at radius 1 is 0.906 bits per heavy atom. The van der Waals surface area contributed by atoms with Crippen molar-refractivity contribution in [3.8, 4) is 11.1 Å². The van der Waals surface area contributed by atoms with Gasteiger partial charge >= 0.3 is 12.1 Å². The lowest BCUT2D eigenvalue weighted by atomic mass is 9.98. The van der Waals surface area contributed by atoms with Gasteiger partial charge in [0.1, 0.15) is 13.2 Å². The molecule has 2 amide bonds. The second-order valence-electron chi connectivity index (χ2n) is 7.19. The molecule has 0 bridgehead atoms. The molecule has 0 atom stereocenters. The second-order valence-corrected chi connectivity index (χ2v) is 7.19. The maximum atomic E-state index is 14.7. The third kappa shape index (κ3) is 4.15. The number of halogens is 1. The molecule has 0 unspecified atom stereocenters. The van der Waals surface area contributed by atoms with E-state index in [0.29, 0.717) is 0 Å². The van der Waals surface area contributed by atoms with E-state index in [1.165, 1.54) is 18.2 Å². The van der Waals surface area contributed by atoms with Crippen LogP contribution >= 0.6 is 0 Å². The number of carboxylic acids is 1. The van der Waals surface area contributed by atoms with Gasteiger partial charge in [-0.05, 0) is 34.4 Å². The molecule has 0 fully saturated rings. The van der Waals surface area contributed by atoms with Crippen molar-refractivity contribution in [2.45, 2.75) is 5.92 Å². The van der Waals surface area contributed by atoms with Crippen LogP contribution in [0.5, 0.6) is 0 Å². The standard InChI is InChI=1S/C24H19FN2O5/c25-22-18(23(30)26-12-21(28)29)10-5-11-20(22)27-24(31)32-13-19-16-8-3-1-6-14(16)15-7-2-4-9-17(15)19/h1-11,19H,12-13H2,(H,26,30)(H,27,31)(H,28,29). The first-order valence-corrected chi connectivity index (χ1v) is 9.86. The number of hydrogen-bond acceptors (Lipinski definition) is 4. The summed E-state index contributed by atoms with van der Waals surface area (Å²) in [5, 5.41) is 13.0. The van der Waals surface area contributed by atoms with Gasteiger partial charge in [0.15, 0.2) is 5.82 Å². The van der Waals surface area contributed by atoms with Crippen molar-refractivity contribution in [1.82, 2.24) is 5.32 Å². The number of rotatable bonds is 6. The van der Waals surface area contributed by atoms with Crippen molar-refractivity contribution < 1.29 is 28.6 Å². The third-order valence-corrected chi connectivity index (χ3v) is 5.22. The molecule has 3 aromatic rings. The highest BCUT2D eigenvalue weighted by Gasteiger charge is 2.29. The van der Waals surface area contributed by atoms with E-state index < -0.39 is 30.3 Å². The zero-order chi connectivity index (χ0) is 22.7. The van der Waals surface area contributed by atoms with E-state index in [4.69, 9.17) is 9.84 Å². The first kappa shape index (κ1) is 21.0. The van der Waals surface area contributed by atoms with Gasteiger partial charge in [-0.1, -0.05) is 54.6 Å². The van der Waals surface area contributed by atoms with Crippen molar-refractivity contribution in [2.75, 3.05) is 18.5 Å². The van der Waals surface area contributed by atoms with Gasteiger partial charge in [-0.3, -0.25) is 14.9 Å². The van der Waals surface area contributed by atoms with E-state index in [9.17, 15) is 18.8 Å². The molecule has 162 valence electrons. The number of fused-ring (bicyclic) bond motifs is 3. The van der Waals surface area contributed by atoms with Gasteiger partial charge in [0.05, 0.1) is 11.3 Å². The highest BCUT2D eigenvalue weighted by Crippen LogP contribution is 2.44. The largest absolute Gasteiger partial charge is 0.480 e. The molecule has 1 aliphatic carbocycles. The first-order valence-electron chi connectivity index (χ1n) is 9.86. The molecule has 0 aliphatic heterocycles. The molecule has 3 N–H and O–H groups in total. The molecule has 0 aromatic heterocycles. The van der Waals surface area contributed by atoms with Crippen LogP contribution in [-0.4, -0.2) is 36.2 Å². The van der Waals surface area contributed by atoms with E-state index >= 15 is 0 Å². The SMILES string of the molecule is O=C(O)CNC(=O)c1cccc(NC(=O)OCC2c3ccccc3-c3ccccc32)c1F. The topological polar surface area (TPSA) is 105 Å². The Morgan fingerprint density at radius 2 is 1.53 bits per heavy atom. The van der Waals surface area contributed by atoms with Gasteiger partial charge in [0.2, 0.25) is 0 Å². The monoisotopic (exact) mass is 434 g/mol. The lowest BCUT2D eigenvalue weighted by Crippen LogP contribution is -2.30. The Bertz CT molecular complexity index is 1160. The van der Waals surface area contributed by atoms with Gasteiger partial charge < -0.3 is 15.2 Å². The Kier molecular flexibility index (Phi) is 5.85. The molecule has 3 aromatic carbocycles. The number of benzene rings is 3. The van der Waals surface area contributed by atoms with Crippen molar-refractivity contribution in [3.63, 3.8) is 0 Å². The van der Waals surface area contributed by atoms with Gasteiger partial charge in [-0.15, -0.1) is 0 Å². The minimum atomic E-state index is -1.26. The molecule has 4 rings (SSSR count). The van der Waals surface area contributed by atoms with Crippen molar-refractivity contribution in [2.24, 2.45) is 0 Å². The molecular weight excluding hydrogens is 415 g/mol. The highest BCUT2D eigenvalue weighted by molar-refractivity contribution is 5.98. The van der Waals surface area contributed by atoms with Crippen LogP contribution in [0, 0.1) is 5.82 Å². The fourth-order valence-corrected chi connectivity index (χ4v) is 3.80. The molecular formula is C24H19FN2O5. The van der Waals surface area contributed by atoms with Crippen LogP contribution in [0.2, 0.25) is 0 Å². The van der Waals surface area contributed by atoms with E-state index in [1.54, 1.807) is 0 Å². The third-order valence-electron chi connectivity index (χ3n) is 5.22. The Balaban J connectivity index is 1.45. The summed E-state index contributed by atoms with van der Waals surface area (Å²) in [5.41, 5.74) is 3.63. The normalized spacial score (nSPS) is 11.9. The average molecular weight is 434 g/mol. The Morgan fingerprint density at radius 3 is 2.16 bits per heavy atom. The van der Waals surface area contributed by atoms with Crippen LogP contribution in [0.4, 0.5) is 14.9 Å². The van der Waals surface area contributed by atoms with Gasteiger partial charge in [-0.2, -0.15) is 0 Å². The predicted molar refractivity (Wildman–Crippen MR) is 115 cm³/mol. The molecule has 0 saturated heterocycles. The van der Waals surface area contributed by atoms with Crippen molar-refractivity contribution in [1.29, 1.82) is 0 Å². The molecule has 0 saturated carbocycles. The smallest absolute Gasteiger partial charge is 0.411 e. The summed E-state index contributed by atoms with van der Waals surface area (Å²) >= 11 is 0. The summed E-state index contributed by atoms with van der Waals surface area (Å²) in [7, 11) is 0. The summed E-state index contributed by atoms with van der Waals surface area (Å²) in [6, 6.07) is 19.6. The molecule has 1 aliphatic rings. The fourth-order valence-electron chi connectivity index (χ4n) is 3.80. The molecule has 8 heteroatoms. The second kappa shape index (κ2) is 8.89. The lowest BCUT2D eigenvalue weighted by Gasteiger charge is -2.15. The molecule has 0 radical (unpaired) electrons. The number of aliphatic carboxylic acids is 1. The van der Waals surface area contributed by atoms with Crippen LogP contribution in [0.1, 0.15) is 27.4 Å². The van der Waals surface area contributed by atoms with Crippen molar-refractivity contribution in [3.05, 3.63) is 89.2 Å². The summed E-state index contributed by atoms with van der Waals surface area (Å²) in [6.45, 7) is -0.595. The molecule has 0 spiro atoms. The van der Waals surface area contributed by atoms with Crippen LogP contribution < -0.4 is 10.6 Å². The fraction of sp³-hybridized carbons (Fsp3) is 0.125. The molecule has 0 heterocycles. The van der Waals surface area contributed by atoms with E-state index in [0.717, 1.165) is 22.3 Å².